The van der Waals surface area contributed by atoms with Gasteiger partial charge in [-0.25, -0.2) is 9.78 Å². The Balaban J connectivity index is 1.78. The molecule has 0 spiro atoms. The Kier molecular flexibility index (Phi) is 4.91. The molecule has 1 aromatic heterocycles. The molecular formula is C19H17NO3S. The maximum Gasteiger partial charge on any atom is 0.355 e. The van der Waals surface area contributed by atoms with Crippen molar-refractivity contribution in [2.45, 2.75) is 20.0 Å². The van der Waals surface area contributed by atoms with E-state index in [1.165, 1.54) is 11.3 Å². The molecule has 2 aromatic carbocycles. The third-order valence-corrected chi connectivity index (χ3v) is 4.41. The fourth-order valence-corrected chi connectivity index (χ4v) is 3.17. The van der Waals surface area contributed by atoms with Crippen molar-refractivity contribution >= 4 is 17.3 Å². The van der Waals surface area contributed by atoms with Gasteiger partial charge in [-0.2, -0.15) is 0 Å². The highest BCUT2D eigenvalue weighted by Gasteiger charge is 2.12. The van der Waals surface area contributed by atoms with E-state index >= 15 is 0 Å². The molecule has 0 unspecified atom stereocenters. The van der Waals surface area contributed by atoms with Crippen molar-refractivity contribution in [3.8, 4) is 5.75 Å². The van der Waals surface area contributed by atoms with Gasteiger partial charge in [-0.1, -0.05) is 48.0 Å². The van der Waals surface area contributed by atoms with Crippen molar-refractivity contribution in [3.63, 3.8) is 0 Å². The molecule has 0 aliphatic rings. The van der Waals surface area contributed by atoms with Crippen LogP contribution >= 0.6 is 11.3 Å². The minimum Gasteiger partial charge on any atom is -0.489 e. The first-order chi connectivity index (χ1) is 11.6. The summed E-state index contributed by atoms with van der Waals surface area (Å²) in [6.45, 7) is 2.52. The van der Waals surface area contributed by atoms with Crippen molar-refractivity contribution < 1.29 is 14.6 Å². The van der Waals surface area contributed by atoms with E-state index in [0.29, 0.717) is 13.0 Å². The molecule has 0 fully saturated rings. The number of ether oxygens (including phenoxy) is 1. The van der Waals surface area contributed by atoms with Gasteiger partial charge in [0.1, 0.15) is 12.4 Å². The van der Waals surface area contributed by atoms with Gasteiger partial charge in [0, 0.05) is 17.4 Å². The first kappa shape index (κ1) is 16.2. The highest BCUT2D eigenvalue weighted by atomic mass is 32.1. The lowest BCUT2D eigenvalue weighted by atomic mass is 10.1. The summed E-state index contributed by atoms with van der Waals surface area (Å²) in [4.78, 5) is 15.1. The summed E-state index contributed by atoms with van der Waals surface area (Å²) in [6.07, 6.45) is 0.559. The number of carbonyl (C=O) groups is 1. The number of thiazole rings is 1. The second-order valence-corrected chi connectivity index (χ2v) is 6.44. The van der Waals surface area contributed by atoms with Crippen LogP contribution in [0.2, 0.25) is 0 Å². The van der Waals surface area contributed by atoms with Gasteiger partial charge in [-0.15, -0.1) is 11.3 Å². The summed E-state index contributed by atoms with van der Waals surface area (Å²) in [5, 5.41) is 11.3. The van der Waals surface area contributed by atoms with Crippen LogP contribution in [0, 0.1) is 6.92 Å². The van der Waals surface area contributed by atoms with Crippen LogP contribution < -0.4 is 4.74 Å². The lowest BCUT2D eigenvalue weighted by molar-refractivity contribution is 0.0691. The van der Waals surface area contributed by atoms with E-state index < -0.39 is 5.97 Å². The Morgan fingerprint density at radius 2 is 2.00 bits per heavy atom. The summed E-state index contributed by atoms with van der Waals surface area (Å²) in [6, 6.07) is 16.0. The third-order valence-electron chi connectivity index (χ3n) is 3.57. The fraction of sp³-hybridized carbons (Fsp3) is 0.158. The van der Waals surface area contributed by atoms with E-state index in [0.717, 1.165) is 27.4 Å². The summed E-state index contributed by atoms with van der Waals surface area (Å²) in [5.41, 5.74) is 3.34. The van der Waals surface area contributed by atoms with E-state index in [9.17, 15) is 4.79 Å². The minimum atomic E-state index is -0.998. The maximum atomic E-state index is 11.0. The standard InChI is InChI=1S/C19H17NO3S/c1-13-7-8-17(23-11-14-5-3-2-4-6-14)15(9-13)10-18-20-16(12-24-18)19(21)22/h2-9,12H,10-11H2,1H3,(H,21,22). The molecule has 122 valence electrons. The highest BCUT2D eigenvalue weighted by molar-refractivity contribution is 7.09. The quantitative estimate of drug-likeness (QED) is 0.726. The molecule has 5 heteroatoms. The van der Waals surface area contributed by atoms with Crippen LogP contribution in [0.1, 0.15) is 32.2 Å². The van der Waals surface area contributed by atoms with Crippen LogP contribution in [0.25, 0.3) is 0 Å². The van der Waals surface area contributed by atoms with Crippen molar-refractivity contribution in [2.24, 2.45) is 0 Å². The molecule has 0 saturated carbocycles. The molecular weight excluding hydrogens is 322 g/mol. The molecule has 3 rings (SSSR count). The predicted octanol–water partition coefficient (Wildman–Crippen LogP) is 4.32. The van der Waals surface area contributed by atoms with Crippen molar-refractivity contribution in [1.29, 1.82) is 0 Å². The summed E-state index contributed by atoms with van der Waals surface area (Å²) in [5.74, 6) is -0.196. The van der Waals surface area contributed by atoms with Gasteiger partial charge in [0.05, 0.1) is 5.01 Å². The van der Waals surface area contributed by atoms with Gasteiger partial charge in [0.15, 0.2) is 5.69 Å². The Morgan fingerprint density at radius 3 is 2.71 bits per heavy atom. The number of aromatic carboxylic acids is 1. The monoisotopic (exact) mass is 339 g/mol. The summed E-state index contributed by atoms with van der Waals surface area (Å²) < 4.78 is 5.97. The first-order valence-corrected chi connectivity index (χ1v) is 8.44. The van der Waals surface area contributed by atoms with Gasteiger partial charge in [-0.3, -0.25) is 0 Å². The molecule has 1 N–H and O–H groups in total. The summed E-state index contributed by atoms with van der Waals surface area (Å²) in [7, 11) is 0. The van der Waals surface area contributed by atoms with Crippen LogP contribution in [-0.2, 0) is 13.0 Å². The molecule has 0 aliphatic heterocycles. The number of nitrogens with zero attached hydrogens (tertiary/aromatic N) is 1. The van der Waals surface area contributed by atoms with Crippen LogP contribution in [-0.4, -0.2) is 16.1 Å². The SMILES string of the molecule is Cc1ccc(OCc2ccccc2)c(Cc2nc(C(=O)O)cs2)c1. The van der Waals surface area contributed by atoms with Crippen LogP contribution in [0.5, 0.6) is 5.75 Å². The average Bonchev–Trinajstić information content (AvgIpc) is 3.04. The minimum absolute atomic E-state index is 0.0920. The molecule has 1 heterocycles. The third kappa shape index (κ3) is 4.00. The smallest absolute Gasteiger partial charge is 0.355 e. The predicted molar refractivity (Wildman–Crippen MR) is 93.8 cm³/mol. The second kappa shape index (κ2) is 7.27. The number of carboxylic acid groups (broad SMARTS) is 1. The zero-order valence-electron chi connectivity index (χ0n) is 13.2. The Hall–Kier alpha value is -2.66. The molecule has 0 atom stereocenters. The van der Waals surface area contributed by atoms with Crippen molar-refractivity contribution in [3.05, 3.63) is 81.3 Å². The number of hydrogen-bond acceptors (Lipinski definition) is 4. The molecule has 0 amide bonds. The number of benzene rings is 2. The van der Waals surface area contributed by atoms with E-state index in [1.807, 2.05) is 49.4 Å². The summed E-state index contributed by atoms with van der Waals surface area (Å²) >= 11 is 1.35. The normalized spacial score (nSPS) is 10.5. The van der Waals surface area contributed by atoms with Crippen LogP contribution in [0.3, 0.4) is 0 Å². The van der Waals surface area contributed by atoms with Crippen molar-refractivity contribution in [2.75, 3.05) is 0 Å². The lowest BCUT2D eigenvalue weighted by Crippen LogP contribution is -2.01. The highest BCUT2D eigenvalue weighted by Crippen LogP contribution is 2.25. The second-order valence-electron chi connectivity index (χ2n) is 5.49. The Labute approximate surface area is 144 Å². The van der Waals surface area contributed by atoms with Gasteiger partial charge >= 0.3 is 5.97 Å². The zero-order chi connectivity index (χ0) is 16.9. The van der Waals surface area contributed by atoms with Gasteiger partial charge in [-0.05, 0) is 18.6 Å². The Bertz CT molecular complexity index is 843. The van der Waals surface area contributed by atoms with Gasteiger partial charge < -0.3 is 9.84 Å². The van der Waals surface area contributed by atoms with E-state index in [4.69, 9.17) is 9.84 Å². The zero-order valence-corrected chi connectivity index (χ0v) is 14.0. The molecule has 3 aromatic rings. The Morgan fingerprint density at radius 1 is 1.21 bits per heavy atom. The number of aryl methyl sites for hydroxylation is 1. The fourth-order valence-electron chi connectivity index (χ4n) is 2.38. The van der Waals surface area contributed by atoms with E-state index in [1.54, 1.807) is 5.38 Å². The van der Waals surface area contributed by atoms with E-state index in [2.05, 4.69) is 11.1 Å². The molecule has 0 saturated heterocycles. The number of aromatic nitrogens is 1. The average molecular weight is 339 g/mol. The van der Waals surface area contributed by atoms with Gasteiger partial charge in [0.2, 0.25) is 0 Å². The first-order valence-electron chi connectivity index (χ1n) is 7.56. The van der Waals surface area contributed by atoms with Crippen LogP contribution in [0.4, 0.5) is 0 Å². The molecule has 0 radical (unpaired) electrons. The number of hydrogen-bond donors (Lipinski definition) is 1. The number of carboxylic acids is 1. The van der Waals surface area contributed by atoms with E-state index in [-0.39, 0.29) is 5.69 Å². The molecule has 0 bridgehead atoms. The molecule has 4 nitrogen and oxygen atoms in total. The largest absolute Gasteiger partial charge is 0.489 e. The lowest BCUT2D eigenvalue weighted by Gasteiger charge is -2.12. The topological polar surface area (TPSA) is 59.4 Å². The maximum absolute atomic E-state index is 11.0. The van der Waals surface area contributed by atoms with Crippen LogP contribution in [0.15, 0.2) is 53.9 Å². The molecule has 0 aliphatic carbocycles. The van der Waals surface area contributed by atoms with Crippen molar-refractivity contribution in [1.82, 2.24) is 4.98 Å². The number of rotatable bonds is 6. The van der Waals surface area contributed by atoms with Gasteiger partial charge in [0.25, 0.3) is 0 Å². The molecule has 24 heavy (non-hydrogen) atoms.